The molecule has 0 saturated heterocycles. The summed E-state index contributed by atoms with van der Waals surface area (Å²) in [6, 6.07) is 11.8. The second kappa shape index (κ2) is 9.45. The summed E-state index contributed by atoms with van der Waals surface area (Å²) in [6.45, 7) is 7.86. The van der Waals surface area contributed by atoms with E-state index in [9.17, 15) is 0 Å². The fraction of sp³-hybridized carbons (Fsp3) is 0.273. The number of hydrogen-bond acceptors (Lipinski definition) is 6. The number of aromatic nitrogens is 3. The van der Waals surface area contributed by atoms with Gasteiger partial charge in [0.15, 0.2) is 22.5 Å². The average Bonchev–Trinajstić information content (AvgIpc) is 3.13. The highest BCUT2D eigenvalue weighted by molar-refractivity contribution is 7.98. The molecule has 3 aromatic rings. The van der Waals surface area contributed by atoms with E-state index in [1.807, 2.05) is 54.0 Å². The Morgan fingerprint density at radius 1 is 1.23 bits per heavy atom. The summed E-state index contributed by atoms with van der Waals surface area (Å²) in [6.07, 6.45) is 1.82. The van der Waals surface area contributed by atoms with E-state index >= 15 is 0 Å². The van der Waals surface area contributed by atoms with Gasteiger partial charge < -0.3 is 14.2 Å². The molecule has 156 valence electrons. The van der Waals surface area contributed by atoms with E-state index in [4.69, 9.17) is 25.8 Å². The van der Waals surface area contributed by atoms with Gasteiger partial charge in [-0.05, 0) is 42.3 Å². The van der Waals surface area contributed by atoms with Crippen LogP contribution in [-0.4, -0.2) is 28.0 Å². The second-order valence-corrected chi connectivity index (χ2v) is 8.14. The van der Waals surface area contributed by atoms with Gasteiger partial charge in [0.25, 0.3) is 0 Å². The minimum Gasteiger partial charge on any atom is -0.486 e. The quantitative estimate of drug-likeness (QED) is 0.358. The van der Waals surface area contributed by atoms with Crippen LogP contribution in [0.5, 0.6) is 17.2 Å². The zero-order valence-electron chi connectivity index (χ0n) is 16.6. The molecule has 6 nitrogen and oxygen atoms in total. The number of nitrogens with zero attached hydrogens (tertiary/aromatic N) is 3. The van der Waals surface area contributed by atoms with E-state index in [1.165, 1.54) is 0 Å². The molecule has 1 aliphatic rings. The van der Waals surface area contributed by atoms with E-state index in [-0.39, 0.29) is 0 Å². The molecule has 2 aromatic carbocycles. The Morgan fingerprint density at radius 3 is 2.93 bits per heavy atom. The molecule has 4 rings (SSSR count). The zero-order valence-corrected chi connectivity index (χ0v) is 18.2. The van der Waals surface area contributed by atoms with E-state index in [0.717, 1.165) is 27.9 Å². The number of benzene rings is 2. The Hall–Kier alpha value is -2.64. The van der Waals surface area contributed by atoms with Crippen LogP contribution in [0.25, 0.3) is 0 Å². The van der Waals surface area contributed by atoms with E-state index in [1.54, 1.807) is 11.8 Å². The number of halogens is 1. The second-order valence-electron chi connectivity index (χ2n) is 6.79. The summed E-state index contributed by atoms with van der Waals surface area (Å²) in [5.41, 5.74) is 2.18. The van der Waals surface area contributed by atoms with E-state index in [2.05, 4.69) is 16.8 Å². The van der Waals surface area contributed by atoms with Gasteiger partial charge in [-0.25, -0.2) is 0 Å². The normalized spacial score (nSPS) is 12.6. The van der Waals surface area contributed by atoms with Crippen molar-refractivity contribution in [3.63, 3.8) is 0 Å². The number of rotatable bonds is 8. The molecule has 0 amide bonds. The standard InChI is InChI=1S/C22H22ClN3O3S/c1-3-7-26-20(13-29-17-6-4-5-15(2)10-17)24-25-22(26)30-14-16-11-18(23)21-19(12-16)27-8-9-28-21/h3-6,10-12H,1,7-9,13-14H2,2H3. The van der Waals surface area contributed by atoms with Crippen molar-refractivity contribution in [3.05, 3.63) is 71.0 Å². The molecule has 0 fully saturated rings. The van der Waals surface area contributed by atoms with Gasteiger partial charge in [0.05, 0.1) is 5.02 Å². The van der Waals surface area contributed by atoms with Crippen LogP contribution in [0.4, 0.5) is 0 Å². The molecule has 0 spiro atoms. The molecule has 0 N–H and O–H groups in total. The Labute approximate surface area is 184 Å². The maximum Gasteiger partial charge on any atom is 0.191 e. The van der Waals surface area contributed by atoms with Crippen molar-refractivity contribution in [3.8, 4) is 17.2 Å². The lowest BCUT2D eigenvalue weighted by molar-refractivity contribution is 0.171. The molecule has 1 aromatic heterocycles. The van der Waals surface area contributed by atoms with Gasteiger partial charge in [-0.3, -0.25) is 4.57 Å². The topological polar surface area (TPSA) is 58.4 Å². The molecular formula is C22H22ClN3O3S. The maximum atomic E-state index is 6.35. The molecule has 2 heterocycles. The first-order chi connectivity index (χ1) is 14.6. The Bertz CT molecular complexity index is 1050. The molecule has 0 bridgehead atoms. The van der Waals surface area contributed by atoms with Crippen molar-refractivity contribution in [2.45, 2.75) is 31.0 Å². The summed E-state index contributed by atoms with van der Waals surface area (Å²) >= 11 is 7.92. The average molecular weight is 444 g/mol. The summed E-state index contributed by atoms with van der Waals surface area (Å²) in [5, 5.41) is 10.0. The molecule has 0 unspecified atom stereocenters. The van der Waals surface area contributed by atoms with Crippen LogP contribution in [0.15, 0.2) is 54.2 Å². The van der Waals surface area contributed by atoms with Crippen LogP contribution in [0.2, 0.25) is 5.02 Å². The fourth-order valence-corrected chi connectivity index (χ4v) is 4.28. The summed E-state index contributed by atoms with van der Waals surface area (Å²) < 4.78 is 19.2. The lowest BCUT2D eigenvalue weighted by Crippen LogP contribution is -2.15. The number of aryl methyl sites for hydroxylation is 1. The number of allylic oxidation sites excluding steroid dienone is 1. The lowest BCUT2D eigenvalue weighted by atomic mass is 10.2. The molecule has 1 aliphatic heterocycles. The van der Waals surface area contributed by atoms with E-state index < -0.39 is 0 Å². The van der Waals surface area contributed by atoms with Gasteiger partial charge in [-0.15, -0.1) is 16.8 Å². The molecule has 0 radical (unpaired) electrons. The Morgan fingerprint density at radius 2 is 2.10 bits per heavy atom. The van der Waals surface area contributed by atoms with Gasteiger partial charge in [-0.1, -0.05) is 41.6 Å². The van der Waals surface area contributed by atoms with E-state index in [0.29, 0.717) is 48.6 Å². The smallest absolute Gasteiger partial charge is 0.191 e. The molecule has 0 aliphatic carbocycles. The SMILES string of the molecule is C=CCn1c(COc2cccc(C)c2)nnc1SCc1cc(Cl)c2c(c1)OCCO2. The van der Waals surface area contributed by atoms with Crippen LogP contribution >= 0.6 is 23.4 Å². The maximum absolute atomic E-state index is 6.35. The minimum absolute atomic E-state index is 0.334. The number of thioether (sulfide) groups is 1. The van der Waals surface area contributed by atoms with Gasteiger partial charge in [0.1, 0.15) is 25.6 Å². The highest BCUT2D eigenvalue weighted by Crippen LogP contribution is 2.39. The van der Waals surface area contributed by atoms with Crippen LogP contribution in [0.3, 0.4) is 0 Å². The molecule has 30 heavy (non-hydrogen) atoms. The third-order valence-corrected chi connectivity index (χ3v) is 5.81. The van der Waals surface area contributed by atoms with Crippen LogP contribution < -0.4 is 14.2 Å². The summed E-state index contributed by atoms with van der Waals surface area (Å²) in [5.74, 6) is 3.53. The first kappa shape index (κ1) is 20.6. The van der Waals surface area contributed by atoms with Crippen molar-refractivity contribution >= 4 is 23.4 Å². The van der Waals surface area contributed by atoms with Crippen molar-refractivity contribution in [2.75, 3.05) is 13.2 Å². The van der Waals surface area contributed by atoms with Crippen LogP contribution in [0.1, 0.15) is 17.0 Å². The van der Waals surface area contributed by atoms with Gasteiger partial charge >= 0.3 is 0 Å². The van der Waals surface area contributed by atoms with Crippen LogP contribution in [-0.2, 0) is 18.9 Å². The lowest BCUT2D eigenvalue weighted by Gasteiger charge is -2.20. The molecule has 8 heteroatoms. The first-order valence-corrected chi connectivity index (χ1v) is 10.9. The van der Waals surface area contributed by atoms with Gasteiger partial charge in [-0.2, -0.15) is 0 Å². The first-order valence-electron chi connectivity index (χ1n) is 9.57. The predicted molar refractivity (Wildman–Crippen MR) is 118 cm³/mol. The number of ether oxygens (including phenoxy) is 3. The predicted octanol–water partition coefficient (Wildman–Crippen LogP) is 5.07. The zero-order chi connectivity index (χ0) is 20.9. The highest BCUT2D eigenvalue weighted by atomic mass is 35.5. The molecule has 0 atom stereocenters. The van der Waals surface area contributed by atoms with Gasteiger partial charge in [0.2, 0.25) is 0 Å². The Kier molecular flexibility index (Phi) is 6.50. The van der Waals surface area contributed by atoms with Crippen molar-refractivity contribution < 1.29 is 14.2 Å². The van der Waals surface area contributed by atoms with Gasteiger partial charge in [0, 0.05) is 12.3 Å². The van der Waals surface area contributed by atoms with Crippen molar-refractivity contribution in [1.29, 1.82) is 0 Å². The van der Waals surface area contributed by atoms with Crippen molar-refractivity contribution in [1.82, 2.24) is 14.8 Å². The largest absolute Gasteiger partial charge is 0.486 e. The third-order valence-electron chi connectivity index (χ3n) is 4.49. The third kappa shape index (κ3) is 4.74. The van der Waals surface area contributed by atoms with Crippen LogP contribution in [0, 0.1) is 6.92 Å². The van der Waals surface area contributed by atoms with Crippen molar-refractivity contribution in [2.24, 2.45) is 0 Å². The Balaban J connectivity index is 1.46. The molecular weight excluding hydrogens is 422 g/mol. The minimum atomic E-state index is 0.334. The summed E-state index contributed by atoms with van der Waals surface area (Å²) in [7, 11) is 0. The fourth-order valence-electron chi connectivity index (χ4n) is 3.09. The number of hydrogen-bond donors (Lipinski definition) is 0. The number of fused-ring (bicyclic) bond motifs is 1. The highest BCUT2D eigenvalue weighted by Gasteiger charge is 2.18. The molecule has 0 saturated carbocycles. The summed E-state index contributed by atoms with van der Waals surface area (Å²) in [4.78, 5) is 0. The monoisotopic (exact) mass is 443 g/mol.